The molecular weight excluding hydrogens is 487 g/mol. The molecule has 0 radical (unpaired) electrons. The van der Waals surface area contributed by atoms with Crippen molar-refractivity contribution in [2.75, 3.05) is 19.7 Å². The Kier molecular flexibility index (Phi) is 6.99. The molecule has 1 fully saturated rings. The summed E-state index contributed by atoms with van der Waals surface area (Å²) in [5.41, 5.74) is 9.50. The summed E-state index contributed by atoms with van der Waals surface area (Å²) >= 11 is 0. The number of nitrogens with zero attached hydrogens (tertiary/aromatic N) is 5. The molecule has 1 aliphatic heterocycles. The van der Waals surface area contributed by atoms with Crippen LogP contribution in [0.15, 0.2) is 48.7 Å². The van der Waals surface area contributed by atoms with E-state index in [9.17, 15) is 24.7 Å². The zero-order chi connectivity index (χ0) is 27.0. The lowest BCUT2D eigenvalue weighted by atomic mass is 9.99. The van der Waals surface area contributed by atoms with E-state index in [4.69, 9.17) is 5.73 Å². The maximum absolute atomic E-state index is 14.7. The largest absolute Gasteiger partial charge is 0.394 e. The second-order valence-corrected chi connectivity index (χ2v) is 9.78. The third kappa shape index (κ3) is 4.79. The first-order valence-electron chi connectivity index (χ1n) is 12.5. The van der Waals surface area contributed by atoms with Gasteiger partial charge in [-0.1, -0.05) is 12.1 Å². The Morgan fingerprint density at radius 2 is 2.05 bits per heavy atom. The van der Waals surface area contributed by atoms with Crippen LogP contribution < -0.4 is 5.73 Å². The average molecular weight is 517 g/mol. The highest BCUT2D eigenvalue weighted by Crippen LogP contribution is 2.38. The minimum absolute atomic E-state index is 0.0589. The van der Waals surface area contributed by atoms with Crippen molar-refractivity contribution in [1.29, 1.82) is 5.26 Å². The van der Waals surface area contributed by atoms with Gasteiger partial charge < -0.3 is 25.4 Å². The standard InChI is InChI=1S/C28H29FN6O3/c1-33-13-20-9-18(6-7-25(20)32-33)27-23(17-4-5-19(12-30)24(29)10-17)11-26(35(27)15-22(37)16-36)28(38)34-8-2-3-21(31)14-34/h4-7,9-11,13,21-22,36-37H,2-3,8,14-16,31H2,1H3/t21-,22+/m1/s1. The summed E-state index contributed by atoms with van der Waals surface area (Å²) in [6, 6.07) is 13.4. The number of aromatic nitrogens is 3. The molecule has 3 heterocycles. The van der Waals surface area contributed by atoms with Crippen LogP contribution >= 0.6 is 0 Å². The van der Waals surface area contributed by atoms with Crippen LogP contribution in [-0.4, -0.2) is 67.2 Å². The molecule has 4 aromatic rings. The Morgan fingerprint density at radius 1 is 1.26 bits per heavy atom. The number of carbonyl (C=O) groups excluding carboxylic acids is 1. The number of benzene rings is 2. The molecule has 38 heavy (non-hydrogen) atoms. The quantitative estimate of drug-likeness (QED) is 0.361. The number of carbonyl (C=O) groups is 1. The molecule has 9 nitrogen and oxygen atoms in total. The molecule has 1 aliphatic rings. The van der Waals surface area contributed by atoms with Crippen LogP contribution in [0.5, 0.6) is 0 Å². The average Bonchev–Trinajstić information content (AvgIpc) is 3.47. The van der Waals surface area contributed by atoms with Crippen molar-refractivity contribution < 1.29 is 19.4 Å². The van der Waals surface area contributed by atoms with Gasteiger partial charge in [-0.05, 0) is 54.3 Å². The molecule has 1 saturated heterocycles. The Bertz CT molecular complexity index is 1550. The Balaban J connectivity index is 1.75. The maximum Gasteiger partial charge on any atom is 0.270 e. The van der Waals surface area contributed by atoms with E-state index in [1.165, 1.54) is 12.1 Å². The number of aryl methyl sites for hydroxylation is 1. The molecule has 0 spiro atoms. The van der Waals surface area contributed by atoms with Crippen molar-refractivity contribution in [3.63, 3.8) is 0 Å². The van der Waals surface area contributed by atoms with Crippen molar-refractivity contribution in [1.82, 2.24) is 19.2 Å². The van der Waals surface area contributed by atoms with E-state index < -0.39 is 18.5 Å². The molecule has 2 aromatic heterocycles. The number of likely N-dealkylation sites (tertiary alicyclic amines) is 1. The van der Waals surface area contributed by atoms with E-state index >= 15 is 0 Å². The molecule has 0 aliphatic carbocycles. The van der Waals surface area contributed by atoms with Gasteiger partial charge >= 0.3 is 0 Å². The highest BCUT2D eigenvalue weighted by molar-refractivity contribution is 5.99. The molecule has 4 N–H and O–H groups in total. The van der Waals surface area contributed by atoms with Crippen LogP contribution in [0.2, 0.25) is 0 Å². The third-order valence-electron chi connectivity index (χ3n) is 6.96. The number of fused-ring (bicyclic) bond motifs is 1. The summed E-state index contributed by atoms with van der Waals surface area (Å²) in [7, 11) is 1.82. The van der Waals surface area contributed by atoms with Gasteiger partial charge in [0.05, 0.1) is 36.0 Å². The number of hydrogen-bond donors (Lipinski definition) is 3. The number of hydrogen-bond acceptors (Lipinski definition) is 6. The summed E-state index contributed by atoms with van der Waals surface area (Å²) in [6.45, 7) is 0.404. The molecule has 0 bridgehead atoms. The predicted octanol–water partition coefficient (Wildman–Crippen LogP) is 2.64. The molecule has 2 aromatic carbocycles. The molecule has 0 saturated carbocycles. The van der Waals surface area contributed by atoms with E-state index in [-0.39, 0.29) is 24.1 Å². The molecule has 196 valence electrons. The van der Waals surface area contributed by atoms with E-state index in [2.05, 4.69) is 5.10 Å². The lowest BCUT2D eigenvalue weighted by Crippen LogP contribution is -2.46. The monoisotopic (exact) mass is 516 g/mol. The van der Waals surface area contributed by atoms with Gasteiger partial charge in [0.1, 0.15) is 17.6 Å². The summed E-state index contributed by atoms with van der Waals surface area (Å²) in [4.78, 5) is 15.5. The molecule has 10 heteroatoms. The molecule has 5 rings (SSSR count). The summed E-state index contributed by atoms with van der Waals surface area (Å²) in [5, 5.41) is 34.7. The van der Waals surface area contributed by atoms with E-state index in [0.717, 1.165) is 29.3 Å². The van der Waals surface area contributed by atoms with E-state index in [1.807, 2.05) is 37.5 Å². The van der Waals surface area contributed by atoms with Gasteiger partial charge in [-0.3, -0.25) is 9.48 Å². The fourth-order valence-corrected chi connectivity index (χ4v) is 5.14. The van der Waals surface area contributed by atoms with Crippen LogP contribution in [0.1, 0.15) is 28.9 Å². The first kappa shape index (κ1) is 25.6. The Labute approximate surface area is 219 Å². The zero-order valence-electron chi connectivity index (χ0n) is 21.0. The van der Waals surface area contributed by atoms with Gasteiger partial charge in [-0.25, -0.2) is 4.39 Å². The Morgan fingerprint density at radius 3 is 2.76 bits per heavy atom. The fraction of sp³-hybridized carbons (Fsp3) is 0.321. The number of halogens is 1. The minimum Gasteiger partial charge on any atom is -0.394 e. The normalized spacial score (nSPS) is 16.5. The second-order valence-electron chi connectivity index (χ2n) is 9.78. The van der Waals surface area contributed by atoms with Crippen molar-refractivity contribution in [3.8, 4) is 28.5 Å². The van der Waals surface area contributed by atoms with Crippen molar-refractivity contribution in [2.45, 2.75) is 31.5 Å². The summed E-state index contributed by atoms with van der Waals surface area (Å²) < 4.78 is 18.1. The van der Waals surface area contributed by atoms with Crippen LogP contribution in [0, 0.1) is 17.1 Å². The van der Waals surface area contributed by atoms with Gasteiger partial charge in [-0.15, -0.1) is 0 Å². The molecule has 1 amide bonds. The number of nitrogens with two attached hydrogens (primary N) is 1. The van der Waals surface area contributed by atoms with E-state index in [0.29, 0.717) is 35.6 Å². The van der Waals surface area contributed by atoms with Gasteiger partial charge in [0, 0.05) is 43.3 Å². The van der Waals surface area contributed by atoms with Crippen LogP contribution in [0.25, 0.3) is 33.3 Å². The highest BCUT2D eigenvalue weighted by atomic mass is 19.1. The zero-order valence-corrected chi connectivity index (χ0v) is 21.0. The number of rotatable bonds is 6. The maximum atomic E-state index is 14.7. The number of piperidine rings is 1. The number of nitriles is 1. The van der Waals surface area contributed by atoms with Gasteiger partial charge in [0.2, 0.25) is 0 Å². The topological polar surface area (TPSA) is 133 Å². The molecular formula is C28H29FN6O3. The predicted molar refractivity (Wildman–Crippen MR) is 140 cm³/mol. The lowest BCUT2D eigenvalue weighted by molar-refractivity contribution is 0.0668. The number of aliphatic hydroxyl groups is 2. The molecule has 2 atom stereocenters. The second kappa shape index (κ2) is 10.4. The van der Waals surface area contributed by atoms with Crippen LogP contribution in [-0.2, 0) is 13.6 Å². The lowest BCUT2D eigenvalue weighted by Gasteiger charge is -2.31. The smallest absolute Gasteiger partial charge is 0.270 e. The van der Waals surface area contributed by atoms with E-state index in [1.54, 1.807) is 26.3 Å². The Hall–Kier alpha value is -4.04. The van der Waals surface area contributed by atoms with Gasteiger partial charge in [0.15, 0.2) is 0 Å². The minimum atomic E-state index is -1.14. The van der Waals surface area contributed by atoms with Gasteiger partial charge in [-0.2, -0.15) is 10.4 Å². The summed E-state index contributed by atoms with van der Waals surface area (Å²) in [5.74, 6) is -0.925. The van der Waals surface area contributed by atoms with Gasteiger partial charge in [0.25, 0.3) is 5.91 Å². The number of aliphatic hydroxyl groups excluding tert-OH is 2. The van der Waals surface area contributed by atoms with Crippen LogP contribution in [0.3, 0.4) is 0 Å². The molecule has 0 unspecified atom stereocenters. The number of amides is 1. The third-order valence-corrected chi connectivity index (χ3v) is 6.96. The first-order valence-corrected chi connectivity index (χ1v) is 12.5. The first-order chi connectivity index (χ1) is 18.3. The fourth-order valence-electron chi connectivity index (χ4n) is 5.14. The highest BCUT2D eigenvalue weighted by Gasteiger charge is 2.29. The SMILES string of the molecule is Cn1cc2cc(-c3c(-c4ccc(C#N)c(F)c4)cc(C(=O)N4CCC[C@@H](N)C4)n3C[C@H](O)CO)ccc2n1. The van der Waals surface area contributed by atoms with Crippen LogP contribution in [0.4, 0.5) is 4.39 Å². The summed E-state index contributed by atoms with van der Waals surface area (Å²) in [6.07, 6.45) is 2.35. The van der Waals surface area contributed by atoms with Crippen molar-refractivity contribution in [2.24, 2.45) is 12.8 Å². The van der Waals surface area contributed by atoms with Crippen molar-refractivity contribution >= 4 is 16.8 Å². The van der Waals surface area contributed by atoms with Crippen molar-refractivity contribution in [3.05, 3.63) is 65.7 Å².